The summed E-state index contributed by atoms with van der Waals surface area (Å²) in [4.78, 5) is 4.40. The summed E-state index contributed by atoms with van der Waals surface area (Å²) in [5, 5.41) is 9.69. The zero-order chi connectivity index (χ0) is 13.3. The molecule has 1 heterocycles. The monoisotopic (exact) mass is 256 g/mol. The van der Waals surface area contributed by atoms with Crippen LogP contribution in [0.4, 0.5) is 0 Å². The van der Waals surface area contributed by atoms with Gasteiger partial charge in [-0.3, -0.25) is 0 Å². The number of imidazole rings is 1. The van der Waals surface area contributed by atoms with Crippen molar-refractivity contribution in [3.63, 3.8) is 0 Å². The van der Waals surface area contributed by atoms with Gasteiger partial charge in [0.2, 0.25) is 5.88 Å². The molecule has 100 valence electrons. The molecule has 1 N–H and O–H groups in total. The van der Waals surface area contributed by atoms with Crippen LogP contribution in [-0.2, 0) is 12.5 Å². The van der Waals surface area contributed by atoms with Crippen molar-refractivity contribution in [3.05, 3.63) is 47.9 Å². The second-order valence-corrected chi connectivity index (χ2v) is 5.54. The van der Waals surface area contributed by atoms with Crippen LogP contribution in [-0.4, -0.2) is 14.7 Å². The highest BCUT2D eigenvalue weighted by molar-refractivity contribution is 5.35. The van der Waals surface area contributed by atoms with Gasteiger partial charge in [0.15, 0.2) is 0 Å². The van der Waals surface area contributed by atoms with Crippen LogP contribution in [0.1, 0.15) is 43.5 Å². The van der Waals surface area contributed by atoms with E-state index in [0.717, 1.165) is 18.7 Å². The lowest BCUT2D eigenvalue weighted by atomic mass is 9.68. The molecule has 3 nitrogen and oxygen atoms in total. The molecule has 1 aromatic carbocycles. The van der Waals surface area contributed by atoms with Crippen molar-refractivity contribution in [1.82, 2.24) is 9.55 Å². The van der Waals surface area contributed by atoms with Crippen LogP contribution in [0.15, 0.2) is 36.5 Å². The number of rotatable bonds is 2. The molecule has 1 saturated carbocycles. The van der Waals surface area contributed by atoms with E-state index in [-0.39, 0.29) is 11.3 Å². The fourth-order valence-electron chi connectivity index (χ4n) is 3.45. The van der Waals surface area contributed by atoms with Gasteiger partial charge in [0.1, 0.15) is 5.82 Å². The van der Waals surface area contributed by atoms with Crippen molar-refractivity contribution in [2.45, 2.75) is 37.5 Å². The first-order valence-corrected chi connectivity index (χ1v) is 7.01. The van der Waals surface area contributed by atoms with E-state index in [1.807, 2.05) is 11.6 Å². The third-order valence-corrected chi connectivity index (χ3v) is 4.33. The number of benzene rings is 1. The van der Waals surface area contributed by atoms with Gasteiger partial charge in [-0.2, -0.15) is 4.98 Å². The zero-order valence-electron chi connectivity index (χ0n) is 11.3. The molecule has 3 heteroatoms. The van der Waals surface area contributed by atoms with Crippen LogP contribution in [0.2, 0.25) is 0 Å². The average molecular weight is 256 g/mol. The van der Waals surface area contributed by atoms with E-state index in [9.17, 15) is 5.11 Å². The summed E-state index contributed by atoms with van der Waals surface area (Å²) in [5.41, 5.74) is 1.29. The van der Waals surface area contributed by atoms with Gasteiger partial charge in [0.25, 0.3) is 0 Å². The van der Waals surface area contributed by atoms with Gasteiger partial charge in [-0.15, -0.1) is 0 Å². The lowest BCUT2D eigenvalue weighted by molar-refractivity contribution is 0.322. The van der Waals surface area contributed by atoms with Gasteiger partial charge >= 0.3 is 0 Å². The number of aryl methyl sites for hydroxylation is 1. The Morgan fingerprint density at radius 1 is 1.11 bits per heavy atom. The SMILES string of the molecule is Cn1cc(O)nc1C1(c2ccccc2)CCCCC1. The highest BCUT2D eigenvalue weighted by Gasteiger charge is 2.39. The van der Waals surface area contributed by atoms with E-state index in [1.54, 1.807) is 6.20 Å². The molecule has 1 fully saturated rings. The molecule has 0 radical (unpaired) electrons. The minimum absolute atomic E-state index is 0.0325. The minimum Gasteiger partial charge on any atom is -0.492 e. The Labute approximate surface area is 113 Å². The normalized spacial score (nSPS) is 18.4. The highest BCUT2D eigenvalue weighted by Crippen LogP contribution is 2.44. The molecule has 2 aromatic rings. The van der Waals surface area contributed by atoms with E-state index in [0.29, 0.717) is 0 Å². The van der Waals surface area contributed by atoms with Gasteiger partial charge < -0.3 is 9.67 Å². The topological polar surface area (TPSA) is 38.0 Å². The number of nitrogens with zero attached hydrogens (tertiary/aromatic N) is 2. The number of hydrogen-bond donors (Lipinski definition) is 1. The van der Waals surface area contributed by atoms with Crippen molar-refractivity contribution in [3.8, 4) is 5.88 Å². The predicted molar refractivity (Wildman–Crippen MR) is 75.2 cm³/mol. The fraction of sp³-hybridized carbons (Fsp3) is 0.438. The lowest BCUT2D eigenvalue weighted by Gasteiger charge is -2.37. The number of hydrogen-bond acceptors (Lipinski definition) is 2. The van der Waals surface area contributed by atoms with Gasteiger partial charge in [0, 0.05) is 7.05 Å². The molecule has 0 spiro atoms. The maximum absolute atomic E-state index is 9.69. The Kier molecular flexibility index (Phi) is 3.05. The summed E-state index contributed by atoms with van der Waals surface area (Å²) in [5.74, 6) is 1.12. The van der Waals surface area contributed by atoms with E-state index >= 15 is 0 Å². The van der Waals surface area contributed by atoms with Crippen molar-refractivity contribution in [1.29, 1.82) is 0 Å². The summed E-state index contributed by atoms with van der Waals surface area (Å²) >= 11 is 0. The maximum Gasteiger partial charge on any atom is 0.229 e. The number of aromatic hydroxyl groups is 1. The molecular formula is C16H20N2O. The van der Waals surface area contributed by atoms with Gasteiger partial charge in [-0.25, -0.2) is 0 Å². The summed E-state index contributed by atoms with van der Waals surface area (Å²) in [6.45, 7) is 0. The third kappa shape index (κ3) is 2.03. The Balaban J connectivity index is 2.14. The summed E-state index contributed by atoms with van der Waals surface area (Å²) in [6, 6.07) is 10.6. The summed E-state index contributed by atoms with van der Waals surface area (Å²) in [6.07, 6.45) is 7.67. The molecule has 1 aliphatic rings. The van der Waals surface area contributed by atoms with Gasteiger partial charge in [-0.05, 0) is 18.4 Å². The first kappa shape index (κ1) is 12.3. The van der Waals surface area contributed by atoms with Crippen molar-refractivity contribution >= 4 is 0 Å². The summed E-state index contributed by atoms with van der Waals surface area (Å²) in [7, 11) is 1.97. The molecular weight excluding hydrogens is 236 g/mol. The van der Waals surface area contributed by atoms with Crippen molar-refractivity contribution in [2.75, 3.05) is 0 Å². The van der Waals surface area contributed by atoms with Gasteiger partial charge in [0.05, 0.1) is 11.6 Å². The Morgan fingerprint density at radius 2 is 1.79 bits per heavy atom. The van der Waals surface area contributed by atoms with Crippen molar-refractivity contribution in [2.24, 2.45) is 7.05 Å². The first-order chi connectivity index (χ1) is 9.22. The fourth-order valence-corrected chi connectivity index (χ4v) is 3.45. The standard InChI is InChI=1S/C16H20N2O/c1-18-12-14(19)17-15(18)16(10-6-3-7-11-16)13-8-4-2-5-9-13/h2,4-5,8-9,12,19H,3,6-7,10-11H2,1H3. The Morgan fingerprint density at radius 3 is 2.37 bits per heavy atom. The van der Waals surface area contributed by atoms with Gasteiger partial charge in [-0.1, -0.05) is 49.6 Å². The molecule has 0 bridgehead atoms. The largest absolute Gasteiger partial charge is 0.492 e. The maximum atomic E-state index is 9.69. The molecule has 0 saturated heterocycles. The second-order valence-electron chi connectivity index (χ2n) is 5.54. The number of aromatic nitrogens is 2. The van der Waals surface area contributed by atoms with E-state index in [4.69, 9.17) is 0 Å². The second kappa shape index (κ2) is 4.72. The third-order valence-electron chi connectivity index (χ3n) is 4.33. The molecule has 19 heavy (non-hydrogen) atoms. The summed E-state index contributed by atoms with van der Waals surface area (Å²) < 4.78 is 1.98. The van der Waals surface area contributed by atoms with Crippen LogP contribution >= 0.6 is 0 Å². The quantitative estimate of drug-likeness (QED) is 0.894. The average Bonchev–Trinajstić information content (AvgIpc) is 2.80. The van der Waals surface area contributed by atoms with Crippen LogP contribution in [0.5, 0.6) is 5.88 Å². The van der Waals surface area contributed by atoms with Crippen LogP contribution in [0, 0.1) is 0 Å². The minimum atomic E-state index is -0.0325. The molecule has 0 amide bonds. The van der Waals surface area contributed by atoms with Crippen LogP contribution in [0.25, 0.3) is 0 Å². The molecule has 3 rings (SSSR count). The molecule has 0 aliphatic heterocycles. The van der Waals surface area contributed by atoms with Crippen molar-refractivity contribution < 1.29 is 5.11 Å². The highest BCUT2D eigenvalue weighted by atomic mass is 16.3. The Hall–Kier alpha value is -1.77. The predicted octanol–water partition coefficient (Wildman–Crippen LogP) is 3.38. The molecule has 0 unspecified atom stereocenters. The van der Waals surface area contributed by atoms with E-state index in [1.165, 1.54) is 24.8 Å². The van der Waals surface area contributed by atoms with Crippen LogP contribution < -0.4 is 0 Å². The van der Waals surface area contributed by atoms with E-state index in [2.05, 4.69) is 35.3 Å². The molecule has 0 atom stereocenters. The van der Waals surface area contributed by atoms with Crippen LogP contribution in [0.3, 0.4) is 0 Å². The van der Waals surface area contributed by atoms with E-state index < -0.39 is 0 Å². The molecule has 1 aliphatic carbocycles. The smallest absolute Gasteiger partial charge is 0.229 e. The zero-order valence-corrected chi connectivity index (χ0v) is 11.3. The first-order valence-electron chi connectivity index (χ1n) is 7.01. The molecule has 1 aromatic heterocycles. The Bertz CT molecular complexity index is 553. The lowest BCUT2D eigenvalue weighted by Crippen LogP contribution is -2.33.